The van der Waals surface area contributed by atoms with E-state index in [9.17, 15) is 9.50 Å². The molecule has 0 unspecified atom stereocenters. The van der Waals surface area contributed by atoms with Crippen molar-refractivity contribution >= 4 is 0 Å². The van der Waals surface area contributed by atoms with Crippen LogP contribution in [0.2, 0.25) is 0 Å². The van der Waals surface area contributed by atoms with Crippen LogP contribution in [0.15, 0.2) is 12.1 Å². The van der Waals surface area contributed by atoms with Gasteiger partial charge in [0.2, 0.25) is 0 Å². The van der Waals surface area contributed by atoms with Crippen LogP contribution in [0.3, 0.4) is 0 Å². The summed E-state index contributed by atoms with van der Waals surface area (Å²) >= 11 is 0. The Bertz CT molecular complexity index is 380. The number of benzene rings is 1. The first kappa shape index (κ1) is 10.4. The maximum absolute atomic E-state index is 13.5. The Labute approximate surface area is 88.9 Å². The van der Waals surface area contributed by atoms with Gasteiger partial charge in [-0.2, -0.15) is 0 Å². The summed E-state index contributed by atoms with van der Waals surface area (Å²) < 4.78 is 13.5. The second-order valence-corrected chi connectivity index (χ2v) is 4.43. The van der Waals surface area contributed by atoms with Crippen LogP contribution in [0, 0.1) is 12.7 Å². The molecule has 0 amide bonds. The van der Waals surface area contributed by atoms with Gasteiger partial charge in [0.25, 0.3) is 0 Å². The van der Waals surface area contributed by atoms with Crippen LogP contribution in [-0.2, 0) is 5.41 Å². The fraction of sp³-hybridized carbons (Fsp3) is 0.500. The maximum atomic E-state index is 13.5. The minimum Gasteiger partial charge on any atom is -0.505 e. The molecule has 0 radical (unpaired) electrons. The first-order valence-electron chi connectivity index (χ1n) is 5.29. The zero-order chi connectivity index (χ0) is 11.1. The molecule has 0 saturated heterocycles. The van der Waals surface area contributed by atoms with Crippen molar-refractivity contribution in [2.45, 2.75) is 31.6 Å². The molecule has 1 saturated carbocycles. The SMILES string of the molecule is Cc1ccc(C2(CN)CCC2)c(O)c1F. The highest BCUT2D eigenvalue weighted by Gasteiger charge is 2.39. The molecule has 0 atom stereocenters. The predicted octanol–water partition coefficient (Wildman–Crippen LogP) is 2.22. The molecule has 2 rings (SSSR count). The van der Waals surface area contributed by atoms with Gasteiger partial charge in [0.15, 0.2) is 11.6 Å². The van der Waals surface area contributed by atoms with Crippen molar-refractivity contribution in [3.63, 3.8) is 0 Å². The van der Waals surface area contributed by atoms with Gasteiger partial charge in [-0.25, -0.2) is 4.39 Å². The lowest BCUT2D eigenvalue weighted by Gasteiger charge is -2.41. The fourth-order valence-electron chi connectivity index (χ4n) is 2.28. The maximum Gasteiger partial charge on any atom is 0.168 e. The smallest absolute Gasteiger partial charge is 0.168 e. The number of phenolic OH excluding ortho intramolecular Hbond substituents is 1. The first-order chi connectivity index (χ1) is 7.10. The van der Waals surface area contributed by atoms with Gasteiger partial charge in [-0.3, -0.25) is 0 Å². The number of phenols is 1. The summed E-state index contributed by atoms with van der Waals surface area (Å²) in [6, 6.07) is 3.51. The van der Waals surface area contributed by atoms with Crippen molar-refractivity contribution in [3.05, 3.63) is 29.1 Å². The largest absolute Gasteiger partial charge is 0.505 e. The van der Waals surface area contributed by atoms with E-state index in [1.807, 2.05) is 0 Å². The van der Waals surface area contributed by atoms with Crippen LogP contribution in [0.5, 0.6) is 5.75 Å². The Morgan fingerprint density at radius 3 is 2.60 bits per heavy atom. The van der Waals surface area contributed by atoms with Crippen LogP contribution in [0.4, 0.5) is 4.39 Å². The van der Waals surface area contributed by atoms with Gasteiger partial charge in [0.05, 0.1) is 0 Å². The summed E-state index contributed by atoms with van der Waals surface area (Å²) in [7, 11) is 0. The number of hydrogen-bond donors (Lipinski definition) is 2. The molecular formula is C12H16FNO. The molecular weight excluding hydrogens is 193 g/mol. The van der Waals surface area contributed by atoms with E-state index in [1.165, 1.54) is 0 Å². The quantitative estimate of drug-likeness (QED) is 0.784. The van der Waals surface area contributed by atoms with Crippen molar-refractivity contribution in [1.82, 2.24) is 0 Å². The molecule has 0 aliphatic heterocycles. The Balaban J connectivity index is 2.49. The monoisotopic (exact) mass is 209 g/mol. The van der Waals surface area contributed by atoms with E-state index in [0.717, 1.165) is 19.3 Å². The average Bonchev–Trinajstić information content (AvgIpc) is 2.17. The third-order valence-corrected chi connectivity index (χ3v) is 3.58. The number of hydrogen-bond acceptors (Lipinski definition) is 2. The number of aromatic hydroxyl groups is 1. The lowest BCUT2D eigenvalue weighted by atomic mass is 9.64. The van der Waals surface area contributed by atoms with Crippen molar-refractivity contribution in [2.24, 2.45) is 5.73 Å². The van der Waals surface area contributed by atoms with Gasteiger partial charge in [-0.05, 0) is 25.3 Å². The van der Waals surface area contributed by atoms with Gasteiger partial charge in [0.1, 0.15) is 0 Å². The Hall–Kier alpha value is -1.09. The number of aryl methyl sites for hydroxylation is 1. The second-order valence-electron chi connectivity index (χ2n) is 4.43. The summed E-state index contributed by atoms with van der Waals surface area (Å²) in [4.78, 5) is 0. The lowest BCUT2D eigenvalue weighted by Crippen LogP contribution is -2.41. The van der Waals surface area contributed by atoms with Crippen LogP contribution < -0.4 is 5.73 Å². The Morgan fingerprint density at radius 1 is 1.47 bits per heavy atom. The molecule has 1 aliphatic rings. The molecule has 1 fully saturated rings. The predicted molar refractivity (Wildman–Crippen MR) is 57.4 cm³/mol. The third kappa shape index (κ3) is 1.42. The highest BCUT2D eigenvalue weighted by Crippen LogP contribution is 2.46. The van der Waals surface area contributed by atoms with Crippen molar-refractivity contribution in [3.8, 4) is 5.75 Å². The normalized spacial score (nSPS) is 18.6. The number of nitrogens with two attached hydrogens (primary N) is 1. The second kappa shape index (κ2) is 3.49. The molecule has 2 nitrogen and oxygen atoms in total. The Kier molecular flexibility index (Phi) is 2.43. The summed E-state index contributed by atoms with van der Waals surface area (Å²) in [5.74, 6) is -0.715. The summed E-state index contributed by atoms with van der Waals surface area (Å²) in [6.07, 6.45) is 2.99. The van der Waals surface area contributed by atoms with Gasteiger partial charge >= 0.3 is 0 Å². The molecule has 1 aromatic carbocycles. The molecule has 0 heterocycles. The van der Waals surface area contributed by atoms with Crippen LogP contribution in [0.1, 0.15) is 30.4 Å². The fourth-order valence-corrected chi connectivity index (χ4v) is 2.28. The summed E-state index contributed by atoms with van der Waals surface area (Å²) in [5.41, 5.74) is 6.70. The van der Waals surface area contributed by atoms with E-state index < -0.39 is 5.82 Å². The number of halogens is 1. The molecule has 1 aliphatic carbocycles. The molecule has 3 heteroatoms. The minimum atomic E-state index is -0.507. The van der Waals surface area contributed by atoms with Crippen molar-refractivity contribution in [1.29, 1.82) is 0 Å². The number of rotatable bonds is 2. The van der Waals surface area contributed by atoms with Gasteiger partial charge < -0.3 is 10.8 Å². The third-order valence-electron chi connectivity index (χ3n) is 3.58. The highest BCUT2D eigenvalue weighted by atomic mass is 19.1. The van der Waals surface area contributed by atoms with Gasteiger partial charge in [-0.1, -0.05) is 18.6 Å². The van der Waals surface area contributed by atoms with E-state index in [2.05, 4.69) is 0 Å². The molecule has 0 aromatic heterocycles. The zero-order valence-electron chi connectivity index (χ0n) is 8.89. The van der Waals surface area contributed by atoms with E-state index in [4.69, 9.17) is 5.73 Å². The van der Waals surface area contributed by atoms with E-state index in [1.54, 1.807) is 19.1 Å². The van der Waals surface area contributed by atoms with Crippen molar-refractivity contribution < 1.29 is 9.50 Å². The standard InChI is InChI=1S/C12H16FNO/c1-8-3-4-9(11(15)10(8)13)12(7-14)5-2-6-12/h3-4,15H,2,5-7,14H2,1H3. The molecule has 15 heavy (non-hydrogen) atoms. The molecule has 1 aromatic rings. The minimum absolute atomic E-state index is 0.182. The molecule has 3 N–H and O–H groups in total. The average molecular weight is 209 g/mol. The Morgan fingerprint density at radius 2 is 2.13 bits per heavy atom. The summed E-state index contributed by atoms with van der Waals surface area (Å²) in [5, 5.41) is 9.78. The van der Waals surface area contributed by atoms with Crippen LogP contribution in [0.25, 0.3) is 0 Å². The summed E-state index contributed by atoms with van der Waals surface area (Å²) in [6.45, 7) is 2.12. The topological polar surface area (TPSA) is 46.2 Å². The molecule has 82 valence electrons. The van der Waals surface area contributed by atoms with E-state index in [-0.39, 0.29) is 11.2 Å². The highest BCUT2D eigenvalue weighted by molar-refractivity contribution is 5.44. The van der Waals surface area contributed by atoms with E-state index in [0.29, 0.717) is 17.7 Å². The van der Waals surface area contributed by atoms with E-state index >= 15 is 0 Å². The van der Waals surface area contributed by atoms with Crippen LogP contribution >= 0.6 is 0 Å². The first-order valence-corrected chi connectivity index (χ1v) is 5.29. The zero-order valence-corrected chi connectivity index (χ0v) is 8.89. The lowest BCUT2D eigenvalue weighted by molar-refractivity contribution is 0.242. The van der Waals surface area contributed by atoms with Gasteiger partial charge in [-0.15, -0.1) is 0 Å². The van der Waals surface area contributed by atoms with Crippen molar-refractivity contribution in [2.75, 3.05) is 6.54 Å². The van der Waals surface area contributed by atoms with Gasteiger partial charge in [0, 0.05) is 17.5 Å². The van der Waals surface area contributed by atoms with Crippen LogP contribution in [-0.4, -0.2) is 11.7 Å². The molecule has 0 bridgehead atoms. The molecule has 0 spiro atoms.